The van der Waals surface area contributed by atoms with Crippen LogP contribution >= 0.6 is 0 Å². The van der Waals surface area contributed by atoms with Crippen molar-refractivity contribution in [2.24, 2.45) is 5.92 Å². The fraction of sp³-hybridized carbons (Fsp3) is 0.583. The first-order valence-electron chi connectivity index (χ1n) is 6.22. The number of anilines is 1. The molecule has 1 amide bonds. The number of amides is 1. The summed E-state index contributed by atoms with van der Waals surface area (Å²) in [4.78, 5) is 24.4. The second kappa shape index (κ2) is 4.89. The highest BCUT2D eigenvalue weighted by atomic mass is 16.5. The van der Waals surface area contributed by atoms with E-state index in [1.54, 1.807) is 18.6 Å². The number of carbonyl (C=O) groups is 1. The van der Waals surface area contributed by atoms with E-state index in [9.17, 15) is 4.79 Å². The van der Waals surface area contributed by atoms with Gasteiger partial charge in [-0.3, -0.25) is 9.78 Å². The van der Waals surface area contributed by atoms with E-state index in [1.165, 1.54) is 0 Å². The van der Waals surface area contributed by atoms with E-state index < -0.39 is 0 Å². The van der Waals surface area contributed by atoms with Crippen LogP contribution < -0.4 is 4.90 Å². The number of nitrogens with zero attached hydrogens (tertiary/aromatic N) is 4. The molecule has 0 aliphatic carbocycles. The van der Waals surface area contributed by atoms with Crippen molar-refractivity contribution < 1.29 is 9.53 Å². The van der Waals surface area contributed by atoms with Crippen LogP contribution in [0.25, 0.3) is 0 Å². The third-order valence-corrected chi connectivity index (χ3v) is 3.43. The largest absolute Gasteiger partial charge is 0.378 e. The maximum Gasteiger partial charge on any atom is 0.229 e. The highest BCUT2D eigenvalue weighted by Gasteiger charge is 2.36. The molecular formula is C12H16N4O2. The zero-order valence-corrected chi connectivity index (χ0v) is 10.2. The molecule has 2 saturated heterocycles. The summed E-state index contributed by atoms with van der Waals surface area (Å²) < 4.78 is 5.25. The molecule has 2 aliphatic rings. The Hall–Kier alpha value is -1.69. The molecule has 0 saturated carbocycles. The summed E-state index contributed by atoms with van der Waals surface area (Å²) in [6.07, 6.45) is 5.06. The van der Waals surface area contributed by atoms with E-state index in [-0.39, 0.29) is 11.8 Å². The molecule has 6 nitrogen and oxygen atoms in total. The van der Waals surface area contributed by atoms with Crippen LogP contribution in [0, 0.1) is 5.92 Å². The van der Waals surface area contributed by atoms with Gasteiger partial charge in [0.2, 0.25) is 5.91 Å². The fourth-order valence-corrected chi connectivity index (χ4v) is 2.32. The van der Waals surface area contributed by atoms with Crippen molar-refractivity contribution in [1.82, 2.24) is 14.9 Å². The Morgan fingerprint density at radius 3 is 2.72 bits per heavy atom. The van der Waals surface area contributed by atoms with Gasteiger partial charge in [0.1, 0.15) is 5.82 Å². The lowest BCUT2D eigenvalue weighted by Gasteiger charge is -2.41. The number of carbonyl (C=O) groups excluding carboxylic acids is 1. The van der Waals surface area contributed by atoms with Crippen molar-refractivity contribution in [3.8, 4) is 0 Å². The van der Waals surface area contributed by atoms with Gasteiger partial charge >= 0.3 is 0 Å². The molecule has 0 radical (unpaired) electrons. The maximum absolute atomic E-state index is 12.2. The molecule has 3 heterocycles. The summed E-state index contributed by atoms with van der Waals surface area (Å²) >= 11 is 0. The van der Waals surface area contributed by atoms with E-state index in [0.717, 1.165) is 32.0 Å². The van der Waals surface area contributed by atoms with E-state index in [2.05, 4.69) is 14.9 Å². The molecule has 0 bridgehead atoms. The Balaban J connectivity index is 1.54. The van der Waals surface area contributed by atoms with Gasteiger partial charge in [-0.05, 0) is 0 Å². The molecule has 1 aromatic rings. The first-order valence-corrected chi connectivity index (χ1v) is 6.22. The van der Waals surface area contributed by atoms with Gasteiger partial charge in [0.05, 0.1) is 25.3 Å². The van der Waals surface area contributed by atoms with Gasteiger partial charge < -0.3 is 14.5 Å². The van der Waals surface area contributed by atoms with Crippen LogP contribution in [-0.4, -0.2) is 60.2 Å². The first-order chi connectivity index (χ1) is 8.84. The van der Waals surface area contributed by atoms with Crippen LogP contribution in [0.4, 0.5) is 5.82 Å². The van der Waals surface area contributed by atoms with E-state index in [4.69, 9.17) is 4.74 Å². The Bertz CT molecular complexity index is 413. The Morgan fingerprint density at radius 2 is 2.06 bits per heavy atom. The van der Waals surface area contributed by atoms with Gasteiger partial charge in [-0.15, -0.1) is 0 Å². The lowest BCUT2D eigenvalue weighted by atomic mass is 9.98. The van der Waals surface area contributed by atoms with Gasteiger partial charge in [-0.1, -0.05) is 0 Å². The number of rotatable bonds is 2. The van der Waals surface area contributed by atoms with Crippen LogP contribution in [0.15, 0.2) is 18.6 Å². The molecule has 0 atom stereocenters. The van der Waals surface area contributed by atoms with Gasteiger partial charge in [-0.25, -0.2) is 4.98 Å². The number of aromatic nitrogens is 2. The second-order valence-electron chi connectivity index (χ2n) is 4.60. The van der Waals surface area contributed by atoms with Crippen molar-refractivity contribution in [3.05, 3.63) is 18.6 Å². The standard InChI is InChI=1S/C12H16N4O2/c17-12(15-3-5-18-6-4-15)10-8-16(9-10)11-7-13-1-2-14-11/h1-2,7,10H,3-6,8-9H2. The molecule has 0 N–H and O–H groups in total. The molecular weight excluding hydrogens is 232 g/mol. The summed E-state index contributed by atoms with van der Waals surface area (Å²) in [5.41, 5.74) is 0. The monoisotopic (exact) mass is 248 g/mol. The van der Waals surface area contributed by atoms with Crippen molar-refractivity contribution in [2.45, 2.75) is 0 Å². The summed E-state index contributed by atoms with van der Waals surface area (Å²) in [6.45, 7) is 4.25. The first kappa shape index (κ1) is 11.4. The summed E-state index contributed by atoms with van der Waals surface area (Å²) in [5, 5.41) is 0. The normalized spacial score (nSPS) is 20.7. The minimum Gasteiger partial charge on any atom is -0.378 e. The summed E-state index contributed by atoms with van der Waals surface area (Å²) in [6, 6.07) is 0. The molecule has 18 heavy (non-hydrogen) atoms. The number of ether oxygens (including phenoxy) is 1. The van der Waals surface area contributed by atoms with Crippen LogP contribution in [-0.2, 0) is 9.53 Å². The third kappa shape index (κ3) is 2.15. The number of morpholine rings is 1. The van der Waals surface area contributed by atoms with Crippen LogP contribution in [0.2, 0.25) is 0 Å². The van der Waals surface area contributed by atoms with E-state index >= 15 is 0 Å². The van der Waals surface area contributed by atoms with Gasteiger partial charge in [0.15, 0.2) is 0 Å². The molecule has 0 aromatic carbocycles. The van der Waals surface area contributed by atoms with Crippen molar-refractivity contribution >= 4 is 11.7 Å². The fourth-order valence-electron chi connectivity index (χ4n) is 2.32. The average Bonchev–Trinajstić information content (AvgIpc) is 2.39. The maximum atomic E-state index is 12.2. The van der Waals surface area contributed by atoms with Crippen LogP contribution in [0.3, 0.4) is 0 Å². The smallest absolute Gasteiger partial charge is 0.229 e. The zero-order valence-electron chi connectivity index (χ0n) is 10.2. The Kier molecular flexibility index (Phi) is 3.10. The molecule has 2 aliphatic heterocycles. The Morgan fingerprint density at radius 1 is 1.28 bits per heavy atom. The predicted octanol–water partition coefficient (Wildman–Crippen LogP) is -0.228. The third-order valence-electron chi connectivity index (χ3n) is 3.43. The molecule has 3 rings (SSSR count). The van der Waals surface area contributed by atoms with E-state index in [1.807, 2.05) is 4.90 Å². The Labute approximate surface area is 106 Å². The van der Waals surface area contributed by atoms with Gasteiger partial charge in [0.25, 0.3) is 0 Å². The van der Waals surface area contributed by atoms with Gasteiger partial charge in [-0.2, -0.15) is 0 Å². The quantitative estimate of drug-likeness (QED) is 0.723. The van der Waals surface area contributed by atoms with Crippen molar-refractivity contribution in [3.63, 3.8) is 0 Å². The molecule has 6 heteroatoms. The SMILES string of the molecule is O=C(C1CN(c2cnccn2)C1)N1CCOCC1. The molecule has 1 aromatic heterocycles. The minimum absolute atomic E-state index is 0.102. The topological polar surface area (TPSA) is 58.6 Å². The highest BCUT2D eigenvalue weighted by Crippen LogP contribution is 2.23. The van der Waals surface area contributed by atoms with Crippen LogP contribution in [0.5, 0.6) is 0 Å². The van der Waals surface area contributed by atoms with Crippen LogP contribution in [0.1, 0.15) is 0 Å². The molecule has 0 unspecified atom stereocenters. The summed E-state index contributed by atoms with van der Waals surface area (Å²) in [7, 11) is 0. The number of hydrogen-bond acceptors (Lipinski definition) is 5. The van der Waals surface area contributed by atoms with Crippen molar-refractivity contribution in [2.75, 3.05) is 44.3 Å². The molecule has 2 fully saturated rings. The summed E-state index contributed by atoms with van der Waals surface area (Å²) in [5.74, 6) is 1.20. The minimum atomic E-state index is 0.102. The van der Waals surface area contributed by atoms with Gasteiger partial charge in [0, 0.05) is 38.6 Å². The lowest BCUT2D eigenvalue weighted by Crippen LogP contribution is -2.56. The molecule has 96 valence electrons. The van der Waals surface area contributed by atoms with E-state index in [0.29, 0.717) is 13.2 Å². The average molecular weight is 248 g/mol. The highest BCUT2D eigenvalue weighted by molar-refractivity contribution is 5.82. The van der Waals surface area contributed by atoms with Crippen molar-refractivity contribution in [1.29, 1.82) is 0 Å². The lowest BCUT2D eigenvalue weighted by molar-refractivity contribution is -0.140. The molecule has 0 spiro atoms. The second-order valence-corrected chi connectivity index (χ2v) is 4.60. The zero-order chi connectivity index (χ0) is 12.4. The predicted molar refractivity (Wildman–Crippen MR) is 65.1 cm³/mol. The number of hydrogen-bond donors (Lipinski definition) is 0.